The molecular formula is C21H27BrN2O. The largest absolute Gasteiger partial charge is 0.360 e. The van der Waals surface area contributed by atoms with E-state index in [0.717, 1.165) is 30.3 Å². The Bertz CT molecular complexity index is 744. The number of rotatable bonds is 4. The summed E-state index contributed by atoms with van der Waals surface area (Å²) in [5.41, 5.74) is 3.68. The summed E-state index contributed by atoms with van der Waals surface area (Å²) in [4.78, 5) is 18.3. The van der Waals surface area contributed by atoms with Gasteiger partial charge in [0.1, 0.15) is 0 Å². The molecule has 1 N–H and O–H groups in total. The maximum atomic E-state index is 12.7. The van der Waals surface area contributed by atoms with Crippen LogP contribution in [0.25, 0.3) is 0 Å². The number of carbonyl (C=O) groups is 1. The van der Waals surface area contributed by atoms with E-state index in [1.165, 1.54) is 17.0 Å². The van der Waals surface area contributed by atoms with E-state index in [-0.39, 0.29) is 17.4 Å². The summed E-state index contributed by atoms with van der Waals surface area (Å²) in [5, 5.41) is 0. The molecule has 1 saturated heterocycles. The number of benzene rings is 1. The van der Waals surface area contributed by atoms with Gasteiger partial charge in [0.15, 0.2) is 0 Å². The van der Waals surface area contributed by atoms with Crippen LogP contribution in [-0.2, 0) is 11.2 Å². The van der Waals surface area contributed by atoms with Gasteiger partial charge >= 0.3 is 0 Å². The minimum atomic E-state index is 0.0335. The van der Waals surface area contributed by atoms with Crippen molar-refractivity contribution in [2.75, 3.05) is 6.54 Å². The number of hydrogen-bond donors (Lipinski definition) is 1. The van der Waals surface area contributed by atoms with Crippen LogP contribution in [0.1, 0.15) is 63.0 Å². The summed E-state index contributed by atoms with van der Waals surface area (Å²) in [6, 6.07) is 12.9. The van der Waals surface area contributed by atoms with Crippen LogP contribution in [0.15, 0.2) is 40.9 Å². The number of aromatic nitrogens is 1. The van der Waals surface area contributed by atoms with Crippen molar-refractivity contribution in [2.45, 2.75) is 52.5 Å². The van der Waals surface area contributed by atoms with E-state index in [4.69, 9.17) is 0 Å². The maximum absolute atomic E-state index is 12.7. The smallest absolute Gasteiger partial charge is 0.223 e. The number of nitrogens with one attached hydrogen (secondary N) is 1. The molecule has 1 amide bonds. The molecule has 2 aromatic rings. The fourth-order valence-corrected chi connectivity index (χ4v) is 4.01. The normalized spacial score (nSPS) is 17.9. The fourth-order valence-electron chi connectivity index (χ4n) is 3.57. The van der Waals surface area contributed by atoms with Crippen LogP contribution in [0.2, 0.25) is 0 Å². The third-order valence-electron chi connectivity index (χ3n) is 4.67. The molecule has 1 aromatic heterocycles. The number of halogens is 1. The first-order chi connectivity index (χ1) is 11.8. The Hall–Kier alpha value is -1.55. The number of amides is 1. The van der Waals surface area contributed by atoms with Crippen LogP contribution in [0.3, 0.4) is 0 Å². The topological polar surface area (TPSA) is 36.1 Å². The molecule has 3 nitrogen and oxygen atoms in total. The average Bonchev–Trinajstić information content (AvgIpc) is 3.13. The fraction of sp³-hybridized carbons (Fsp3) is 0.476. The molecule has 1 aliphatic heterocycles. The van der Waals surface area contributed by atoms with Gasteiger partial charge in [0, 0.05) is 35.2 Å². The second-order valence-corrected chi connectivity index (χ2v) is 9.14. The lowest BCUT2D eigenvalue weighted by Gasteiger charge is -2.27. The van der Waals surface area contributed by atoms with E-state index in [1.807, 2.05) is 6.07 Å². The zero-order chi connectivity index (χ0) is 18.0. The van der Waals surface area contributed by atoms with Gasteiger partial charge in [-0.3, -0.25) is 4.79 Å². The molecule has 1 aromatic carbocycles. The zero-order valence-corrected chi connectivity index (χ0v) is 16.9. The van der Waals surface area contributed by atoms with Gasteiger partial charge in [-0.05, 0) is 48.1 Å². The number of aromatic amines is 1. The van der Waals surface area contributed by atoms with Crippen molar-refractivity contribution < 1.29 is 4.79 Å². The summed E-state index contributed by atoms with van der Waals surface area (Å²) in [6.07, 6.45) is 3.62. The molecular weight excluding hydrogens is 376 g/mol. The highest BCUT2D eigenvalue weighted by molar-refractivity contribution is 9.10. The second-order valence-electron chi connectivity index (χ2n) is 8.23. The van der Waals surface area contributed by atoms with E-state index in [1.54, 1.807) is 0 Å². The van der Waals surface area contributed by atoms with Gasteiger partial charge in [0.05, 0.1) is 6.04 Å². The van der Waals surface area contributed by atoms with Crippen LogP contribution in [0.5, 0.6) is 0 Å². The van der Waals surface area contributed by atoms with E-state index >= 15 is 0 Å². The third-order valence-corrected chi connectivity index (χ3v) is 5.16. The van der Waals surface area contributed by atoms with Crippen molar-refractivity contribution in [1.29, 1.82) is 0 Å². The summed E-state index contributed by atoms with van der Waals surface area (Å²) >= 11 is 3.53. The Kier molecular flexibility index (Phi) is 5.38. The van der Waals surface area contributed by atoms with Crippen molar-refractivity contribution in [3.05, 3.63) is 57.8 Å². The van der Waals surface area contributed by atoms with Crippen molar-refractivity contribution >= 4 is 21.8 Å². The Morgan fingerprint density at radius 3 is 2.80 bits per heavy atom. The Morgan fingerprint density at radius 1 is 1.28 bits per heavy atom. The van der Waals surface area contributed by atoms with E-state index in [2.05, 4.69) is 76.9 Å². The lowest BCUT2D eigenvalue weighted by atomic mass is 9.91. The Balaban J connectivity index is 1.71. The second kappa shape index (κ2) is 7.36. The monoisotopic (exact) mass is 402 g/mol. The SMILES string of the molecule is CC(C)(C)CC(=O)N1CCCC1c1ccc(Cc2cccc(Br)c2)[nH]1. The van der Waals surface area contributed by atoms with Crippen molar-refractivity contribution in [3.8, 4) is 0 Å². The summed E-state index contributed by atoms with van der Waals surface area (Å²) < 4.78 is 1.10. The van der Waals surface area contributed by atoms with Crippen molar-refractivity contribution in [3.63, 3.8) is 0 Å². The minimum Gasteiger partial charge on any atom is -0.360 e. The number of carbonyl (C=O) groups excluding carboxylic acids is 1. The zero-order valence-electron chi connectivity index (χ0n) is 15.3. The lowest BCUT2D eigenvalue weighted by molar-refractivity contribution is -0.134. The third kappa shape index (κ3) is 4.75. The predicted octanol–water partition coefficient (Wildman–Crippen LogP) is 5.47. The Labute approximate surface area is 158 Å². The van der Waals surface area contributed by atoms with Crippen molar-refractivity contribution in [2.24, 2.45) is 5.41 Å². The molecule has 0 aliphatic carbocycles. The van der Waals surface area contributed by atoms with Gasteiger partial charge in [-0.2, -0.15) is 0 Å². The molecule has 0 saturated carbocycles. The van der Waals surface area contributed by atoms with E-state index < -0.39 is 0 Å². The maximum Gasteiger partial charge on any atom is 0.223 e. The molecule has 25 heavy (non-hydrogen) atoms. The molecule has 3 rings (SSSR count). The minimum absolute atomic E-state index is 0.0335. The van der Waals surface area contributed by atoms with Crippen LogP contribution in [0, 0.1) is 5.41 Å². The van der Waals surface area contributed by atoms with Crippen LogP contribution in [-0.4, -0.2) is 22.3 Å². The molecule has 1 unspecified atom stereocenters. The van der Waals surface area contributed by atoms with E-state index in [0.29, 0.717) is 6.42 Å². The number of likely N-dealkylation sites (tertiary alicyclic amines) is 1. The highest BCUT2D eigenvalue weighted by Crippen LogP contribution is 2.34. The first-order valence-electron chi connectivity index (χ1n) is 9.03. The lowest BCUT2D eigenvalue weighted by Crippen LogP contribution is -2.33. The molecule has 1 atom stereocenters. The molecule has 4 heteroatoms. The summed E-state index contributed by atoms with van der Waals surface area (Å²) in [7, 11) is 0. The molecule has 2 heterocycles. The quantitative estimate of drug-likeness (QED) is 0.722. The van der Waals surface area contributed by atoms with Gasteiger partial charge in [-0.25, -0.2) is 0 Å². The van der Waals surface area contributed by atoms with Gasteiger partial charge < -0.3 is 9.88 Å². The average molecular weight is 403 g/mol. The van der Waals surface area contributed by atoms with E-state index in [9.17, 15) is 4.79 Å². The van der Waals surface area contributed by atoms with Gasteiger partial charge in [-0.1, -0.05) is 48.8 Å². The number of hydrogen-bond acceptors (Lipinski definition) is 1. The molecule has 134 valence electrons. The molecule has 0 radical (unpaired) electrons. The van der Waals surface area contributed by atoms with Crippen LogP contribution < -0.4 is 0 Å². The van der Waals surface area contributed by atoms with Crippen molar-refractivity contribution in [1.82, 2.24) is 9.88 Å². The molecule has 1 aliphatic rings. The highest BCUT2D eigenvalue weighted by Gasteiger charge is 2.32. The van der Waals surface area contributed by atoms with Gasteiger partial charge in [-0.15, -0.1) is 0 Å². The summed E-state index contributed by atoms with van der Waals surface area (Å²) in [5.74, 6) is 0.276. The first-order valence-corrected chi connectivity index (χ1v) is 9.83. The van der Waals surface area contributed by atoms with Crippen LogP contribution in [0.4, 0.5) is 0 Å². The van der Waals surface area contributed by atoms with Crippen LogP contribution >= 0.6 is 15.9 Å². The predicted molar refractivity (Wildman–Crippen MR) is 106 cm³/mol. The molecule has 0 spiro atoms. The Morgan fingerprint density at radius 2 is 2.08 bits per heavy atom. The number of nitrogens with zero attached hydrogens (tertiary/aromatic N) is 1. The first kappa shape index (κ1) is 18.2. The molecule has 1 fully saturated rings. The molecule has 0 bridgehead atoms. The highest BCUT2D eigenvalue weighted by atomic mass is 79.9. The standard InChI is InChI=1S/C21H27BrN2O/c1-21(2,3)14-20(25)24-11-5-8-19(24)18-10-9-17(23-18)13-15-6-4-7-16(22)12-15/h4,6-7,9-10,12,19,23H,5,8,11,13-14H2,1-3H3. The summed E-state index contributed by atoms with van der Waals surface area (Å²) in [6.45, 7) is 7.25. The van der Waals surface area contributed by atoms with Gasteiger partial charge in [0.2, 0.25) is 5.91 Å². The van der Waals surface area contributed by atoms with Gasteiger partial charge in [0.25, 0.3) is 0 Å². The number of H-pyrrole nitrogens is 1.